The average Bonchev–Trinajstić information content (AvgIpc) is 2.57. The highest BCUT2D eigenvalue weighted by Gasteiger charge is 2.20. The van der Waals surface area contributed by atoms with Crippen LogP contribution in [-0.2, 0) is 6.42 Å². The van der Waals surface area contributed by atoms with Crippen LogP contribution in [-0.4, -0.2) is 18.1 Å². The van der Waals surface area contributed by atoms with Crippen molar-refractivity contribution < 1.29 is 0 Å². The minimum absolute atomic E-state index is 0.786. The standard InChI is InChI=1S/C17H22N4/c18-20-16-6-7-17(19-13-16)21-10-8-15(9-11-21)12-14-4-2-1-3-5-14/h1-7,13,15,20H,8-12,18H2. The molecule has 0 bridgehead atoms. The summed E-state index contributed by atoms with van der Waals surface area (Å²) >= 11 is 0. The van der Waals surface area contributed by atoms with E-state index in [2.05, 4.69) is 45.6 Å². The van der Waals surface area contributed by atoms with Gasteiger partial charge < -0.3 is 10.3 Å². The molecule has 4 nitrogen and oxygen atoms in total. The summed E-state index contributed by atoms with van der Waals surface area (Å²) in [4.78, 5) is 6.83. The fourth-order valence-corrected chi connectivity index (χ4v) is 2.97. The number of aromatic nitrogens is 1. The Morgan fingerprint density at radius 3 is 2.48 bits per heavy atom. The van der Waals surface area contributed by atoms with Gasteiger partial charge in [0.2, 0.25) is 0 Å². The molecule has 0 amide bonds. The zero-order valence-electron chi connectivity index (χ0n) is 12.2. The SMILES string of the molecule is NNc1ccc(N2CCC(Cc3ccccc3)CC2)nc1. The molecule has 2 heterocycles. The van der Waals surface area contributed by atoms with Crippen molar-refractivity contribution in [1.82, 2.24) is 4.98 Å². The first kappa shape index (κ1) is 13.9. The van der Waals surface area contributed by atoms with Crippen molar-refractivity contribution in [1.29, 1.82) is 0 Å². The smallest absolute Gasteiger partial charge is 0.128 e. The van der Waals surface area contributed by atoms with E-state index in [4.69, 9.17) is 5.84 Å². The second-order valence-electron chi connectivity index (χ2n) is 5.67. The second kappa shape index (κ2) is 6.59. The van der Waals surface area contributed by atoms with E-state index in [1.54, 1.807) is 6.20 Å². The number of rotatable bonds is 4. The maximum absolute atomic E-state index is 5.37. The highest BCUT2D eigenvalue weighted by Crippen LogP contribution is 2.25. The van der Waals surface area contributed by atoms with Gasteiger partial charge in [0.1, 0.15) is 5.82 Å². The Kier molecular flexibility index (Phi) is 4.36. The fraction of sp³-hybridized carbons (Fsp3) is 0.353. The molecule has 0 unspecified atom stereocenters. The Morgan fingerprint density at radius 1 is 1.10 bits per heavy atom. The van der Waals surface area contributed by atoms with E-state index in [1.165, 1.54) is 24.8 Å². The molecule has 3 rings (SSSR count). The van der Waals surface area contributed by atoms with E-state index in [1.807, 2.05) is 12.1 Å². The van der Waals surface area contributed by atoms with E-state index in [-0.39, 0.29) is 0 Å². The third kappa shape index (κ3) is 3.52. The molecule has 1 aliphatic heterocycles. The summed E-state index contributed by atoms with van der Waals surface area (Å²) in [6.45, 7) is 2.17. The second-order valence-corrected chi connectivity index (χ2v) is 5.67. The summed E-state index contributed by atoms with van der Waals surface area (Å²) in [5, 5.41) is 0. The number of anilines is 2. The van der Waals surface area contributed by atoms with E-state index in [0.717, 1.165) is 30.5 Å². The molecule has 3 N–H and O–H groups in total. The number of nitrogen functional groups attached to an aromatic ring is 1. The number of nitrogens with two attached hydrogens (primary N) is 1. The molecule has 21 heavy (non-hydrogen) atoms. The van der Waals surface area contributed by atoms with E-state index >= 15 is 0 Å². The Labute approximate surface area is 126 Å². The van der Waals surface area contributed by atoms with Crippen molar-refractivity contribution in [2.45, 2.75) is 19.3 Å². The molecule has 0 atom stereocenters. The number of hydrazine groups is 1. The fourth-order valence-electron chi connectivity index (χ4n) is 2.97. The van der Waals surface area contributed by atoms with Crippen molar-refractivity contribution in [2.75, 3.05) is 23.4 Å². The number of pyridine rings is 1. The third-order valence-electron chi connectivity index (χ3n) is 4.22. The van der Waals surface area contributed by atoms with Gasteiger partial charge in [-0.2, -0.15) is 0 Å². The number of nitrogens with zero attached hydrogens (tertiary/aromatic N) is 2. The van der Waals surface area contributed by atoms with Crippen LogP contribution < -0.4 is 16.2 Å². The molecule has 0 aliphatic carbocycles. The van der Waals surface area contributed by atoms with Gasteiger partial charge in [-0.25, -0.2) is 4.98 Å². The minimum Gasteiger partial charge on any atom is -0.357 e. The third-order valence-corrected chi connectivity index (χ3v) is 4.22. The van der Waals surface area contributed by atoms with Crippen LogP contribution in [0.3, 0.4) is 0 Å². The Balaban J connectivity index is 1.54. The molecule has 1 aliphatic rings. The number of hydrogen-bond donors (Lipinski definition) is 2. The highest BCUT2D eigenvalue weighted by atomic mass is 15.2. The molecule has 0 radical (unpaired) electrons. The van der Waals surface area contributed by atoms with Crippen LogP contribution in [0.1, 0.15) is 18.4 Å². The van der Waals surface area contributed by atoms with Crippen molar-refractivity contribution in [2.24, 2.45) is 11.8 Å². The summed E-state index contributed by atoms with van der Waals surface area (Å²) in [6, 6.07) is 14.8. The number of nitrogens with one attached hydrogen (secondary N) is 1. The molecule has 1 saturated heterocycles. The summed E-state index contributed by atoms with van der Waals surface area (Å²) in [6.07, 6.45) is 5.43. The zero-order chi connectivity index (χ0) is 14.5. The van der Waals surface area contributed by atoms with Gasteiger partial charge in [0.15, 0.2) is 0 Å². The molecular weight excluding hydrogens is 260 g/mol. The lowest BCUT2D eigenvalue weighted by atomic mass is 9.90. The monoisotopic (exact) mass is 282 g/mol. The van der Waals surface area contributed by atoms with Gasteiger partial charge in [-0.15, -0.1) is 0 Å². The molecule has 1 fully saturated rings. The molecular formula is C17H22N4. The van der Waals surface area contributed by atoms with Crippen molar-refractivity contribution in [3.8, 4) is 0 Å². The summed E-state index contributed by atoms with van der Waals surface area (Å²) in [5.41, 5.74) is 4.91. The van der Waals surface area contributed by atoms with E-state index in [9.17, 15) is 0 Å². The van der Waals surface area contributed by atoms with Crippen LogP contribution in [0.5, 0.6) is 0 Å². The summed E-state index contributed by atoms with van der Waals surface area (Å²) < 4.78 is 0. The first-order valence-electron chi connectivity index (χ1n) is 7.56. The van der Waals surface area contributed by atoms with Crippen LogP contribution in [0.15, 0.2) is 48.7 Å². The van der Waals surface area contributed by atoms with Gasteiger partial charge in [-0.1, -0.05) is 30.3 Å². The molecule has 4 heteroatoms. The molecule has 0 spiro atoms. The van der Waals surface area contributed by atoms with Gasteiger partial charge in [0.25, 0.3) is 0 Å². The van der Waals surface area contributed by atoms with Crippen LogP contribution in [0.4, 0.5) is 11.5 Å². The molecule has 110 valence electrons. The van der Waals surface area contributed by atoms with Crippen molar-refractivity contribution in [3.05, 3.63) is 54.2 Å². The minimum atomic E-state index is 0.786. The predicted octanol–water partition coefficient (Wildman–Crippen LogP) is 2.83. The van der Waals surface area contributed by atoms with Crippen LogP contribution in [0.2, 0.25) is 0 Å². The summed E-state index contributed by atoms with van der Waals surface area (Å²) in [7, 11) is 0. The lowest BCUT2D eigenvalue weighted by Crippen LogP contribution is -2.34. The van der Waals surface area contributed by atoms with Gasteiger partial charge in [-0.05, 0) is 42.9 Å². The number of benzene rings is 1. The van der Waals surface area contributed by atoms with Crippen LogP contribution in [0.25, 0.3) is 0 Å². The Bertz CT molecular complexity index is 545. The molecule has 2 aromatic rings. The number of hydrogen-bond acceptors (Lipinski definition) is 4. The van der Waals surface area contributed by atoms with Crippen molar-refractivity contribution >= 4 is 11.5 Å². The average molecular weight is 282 g/mol. The van der Waals surface area contributed by atoms with Crippen molar-refractivity contribution in [3.63, 3.8) is 0 Å². The Hall–Kier alpha value is -2.07. The van der Waals surface area contributed by atoms with Gasteiger partial charge in [0, 0.05) is 13.1 Å². The largest absolute Gasteiger partial charge is 0.357 e. The first-order chi connectivity index (χ1) is 10.3. The molecule has 1 aromatic heterocycles. The predicted molar refractivity (Wildman–Crippen MR) is 87.1 cm³/mol. The van der Waals surface area contributed by atoms with E-state index < -0.39 is 0 Å². The van der Waals surface area contributed by atoms with Crippen LogP contribution in [0, 0.1) is 5.92 Å². The first-order valence-corrected chi connectivity index (χ1v) is 7.56. The summed E-state index contributed by atoms with van der Waals surface area (Å²) in [5.74, 6) is 7.20. The maximum atomic E-state index is 5.37. The lowest BCUT2D eigenvalue weighted by molar-refractivity contribution is 0.402. The Morgan fingerprint density at radius 2 is 1.86 bits per heavy atom. The highest BCUT2D eigenvalue weighted by molar-refractivity contribution is 5.48. The zero-order valence-corrected chi connectivity index (χ0v) is 12.2. The number of piperidine rings is 1. The molecule has 1 aromatic carbocycles. The lowest BCUT2D eigenvalue weighted by Gasteiger charge is -2.33. The normalized spacial score (nSPS) is 16.0. The maximum Gasteiger partial charge on any atom is 0.128 e. The van der Waals surface area contributed by atoms with Crippen LogP contribution >= 0.6 is 0 Å². The molecule has 0 saturated carbocycles. The van der Waals surface area contributed by atoms with Gasteiger partial charge >= 0.3 is 0 Å². The van der Waals surface area contributed by atoms with Gasteiger partial charge in [0.05, 0.1) is 11.9 Å². The topological polar surface area (TPSA) is 54.2 Å². The quantitative estimate of drug-likeness (QED) is 0.669. The van der Waals surface area contributed by atoms with Gasteiger partial charge in [-0.3, -0.25) is 5.84 Å². The van der Waals surface area contributed by atoms with E-state index in [0.29, 0.717) is 0 Å².